The van der Waals surface area contributed by atoms with E-state index in [2.05, 4.69) is 36.0 Å². The van der Waals surface area contributed by atoms with E-state index in [1.807, 2.05) is 0 Å². The number of alkyl halides is 3. The summed E-state index contributed by atoms with van der Waals surface area (Å²) in [6.45, 7) is 0.793. The first-order valence-corrected chi connectivity index (χ1v) is 13.7. The Hall–Kier alpha value is -3.95. The first kappa shape index (κ1) is 29.0. The van der Waals surface area contributed by atoms with Crippen LogP contribution in [0.1, 0.15) is 23.1 Å². The normalized spacial score (nSPS) is 15.1. The third-order valence-electron chi connectivity index (χ3n) is 5.72. The van der Waals surface area contributed by atoms with E-state index in [0.29, 0.717) is 35.6 Å². The van der Waals surface area contributed by atoms with E-state index in [4.69, 9.17) is 0 Å². The van der Waals surface area contributed by atoms with Crippen LogP contribution >= 0.6 is 0 Å². The zero-order valence-electron chi connectivity index (χ0n) is 21.8. The SMILES string of the molecule is CN(C)Cc1cc(NC(=O)NCc2cnc3nc2NCCCNS(=O)(=O)c2cccc(c2)N3)cc(C(F)(F)F)c1. The molecule has 214 valence electrons. The summed E-state index contributed by atoms with van der Waals surface area (Å²) < 4.78 is 67.8. The molecule has 2 heterocycles. The fourth-order valence-electron chi connectivity index (χ4n) is 3.94. The number of carbonyl (C=O) groups excluding carboxylic acids is 1. The molecular weight excluding hydrogens is 549 g/mol. The number of carbonyl (C=O) groups is 1. The molecule has 15 heteroatoms. The number of amides is 2. The predicted molar refractivity (Wildman–Crippen MR) is 145 cm³/mol. The predicted octanol–water partition coefficient (Wildman–Crippen LogP) is 3.72. The van der Waals surface area contributed by atoms with Crippen molar-refractivity contribution < 1.29 is 26.4 Å². The number of nitrogens with one attached hydrogen (secondary N) is 5. The average molecular weight is 579 g/mol. The van der Waals surface area contributed by atoms with Gasteiger partial charge in [-0.1, -0.05) is 6.07 Å². The molecule has 0 spiro atoms. The number of sulfonamides is 1. The van der Waals surface area contributed by atoms with Crippen molar-refractivity contribution in [2.24, 2.45) is 0 Å². The van der Waals surface area contributed by atoms with E-state index >= 15 is 0 Å². The van der Waals surface area contributed by atoms with Gasteiger partial charge in [-0.2, -0.15) is 18.2 Å². The van der Waals surface area contributed by atoms with Crippen molar-refractivity contribution in [3.05, 3.63) is 65.4 Å². The highest BCUT2D eigenvalue weighted by molar-refractivity contribution is 7.89. The maximum Gasteiger partial charge on any atom is 0.416 e. The van der Waals surface area contributed by atoms with Crippen LogP contribution in [0.5, 0.6) is 0 Å². The summed E-state index contributed by atoms with van der Waals surface area (Å²) in [4.78, 5) is 23.2. The smallest absolute Gasteiger partial charge is 0.370 e. The molecule has 1 aliphatic rings. The second-order valence-corrected chi connectivity index (χ2v) is 11.1. The van der Waals surface area contributed by atoms with Crippen LogP contribution in [0, 0.1) is 0 Å². The molecule has 2 aromatic carbocycles. The molecule has 0 unspecified atom stereocenters. The standard InChI is InChI=1S/C25H29F3N8O3S/c1-36(2)15-16-9-18(25(26,27)28)11-20(10-16)34-24(37)31-14-17-13-30-23-33-19-5-3-6-21(12-19)40(38,39)32-8-4-7-29-22(17)35-23/h3,5-6,9-13,32H,4,7-8,14-15H2,1-2H3,(H2,31,34,37)(H2,29,30,33,35). The molecule has 1 aromatic heterocycles. The lowest BCUT2D eigenvalue weighted by Gasteiger charge is -2.16. The first-order chi connectivity index (χ1) is 18.9. The van der Waals surface area contributed by atoms with E-state index in [-0.39, 0.29) is 36.2 Å². The number of aromatic nitrogens is 2. The van der Waals surface area contributed by atoms with Crippen molar-refractivity contribution in [3.8, 4) is 0 Å². The lowest BCUT2D eigenvalue weighted by Crippen LogP contribution is -2.29. The minimum absolute atomic E-state index is 0.00789. The molecule has 0 atom stereocenters. The summed E-state index contributed by atoms with van der Waals surface area (Å²) >= 11 is 0. The molecule has 1 aliphatic heterocycles. The van der Waals surface area contributed by atoms with Gasteiger partial charge in [0.05, 0.1) is 10.5 Å². The Morgan fingerprint density at radius 3 is 2.67 bits per heavy atom. The van der Waals surface area contributed by atoms with Crippen LogP contribution in [-0.4, -0.2) is 56.5 Å². The van der Waals surface area contributed by atoms with Gasteiger partial charge in [-0.25, -0.2) is 22.9 Å². The van der Waals surface area contributed by atoms with Crippen molar-refractivity contribution in [1.29, 1.82) is 0 Å². The van der Waals surface area contributed by atoms with Gasteiger partial charge in [0.25, 0.3) is 0 Å². The fraction of sp³-hybridized carbons (Fsp3) is 0.320. The van der Waals surface area contributed by atoms with Gasteiger partial charge in [-0.15, -0.1) is 0 Å². The molecular formula is C25H29F3N8O3S. The minimum Gasteiger partial charge on any atom is -0.370 e. The molecule has 0 fully saturated rings. The Balaban J connectivity index is 1.49. The number of hydrogen-bond donors (Lipinski definition) is 5. The Morgan fingerprint density at radius 2 is 1.93 bits per heavy atom. The van der Waals surface area contributed by atoms with E-state index in [1.165, 1.54) is 24.4 Å². The van der Waals surface area contributed by atoms with Gasteiger partial charge >= 0.3 is 12.2 Å². The zero-order chi connectivity index (χ0) is 28.9. The van der Waals surface area contributed by atoms with Crippen molar-refractivity contribution >= 4 is 39.2 Å². The Bertz CT molecular complexity index is 1480. The number of nitrogens with zero attached hydrogens (tertiary/aromatic N) is 3. The van der Waals surface area contributed by atoms with Gasteiger partial charge < -0.3 is 26.2 Å². The van der Waals surface area contributed by atoms with E-state index < -0.39 is 27.8 Å². The highest BCUT2D eigenvalue weighted by atomic mass is 32.2. The summed E-state index contributed by atoms with van der Waals surface area (Å²) in [6, 6.07) is 8.93. The summed E-state index contributed by atoms with van der Waals surface area (Å²) in [5.41, 5.74) is 0.528. The largest absolute Gasteiger partial charge is 0.416 e. The van der Waals surface area contributed by atoms with Crippen molar-refractivity contribution in [2.75, 3.05) is 43.1 Å². The van der Waals surface area contributed by atoms with Crippen LogP contribution in [0.15, 0.2) is 53.6 Å². The van der Waals surface area contributed by atoms with Crippen LogP contribution in [0.4, 0.5) is 41.1 Å². The zero-order valence-corrected chi connectivity index (χ0v) is 22.6. The van der Waals surface area contributed by atoms with Crippen LogP contribution in [0.2, 0.25) is 0 Å². The van der Waals surface area contributed by atoms with Gasteiger partial charge in [0, 0.05) is 49.3 Å². The van der Waals surface area contributed by atoms with Crippen LogP contribution in [0.3, 0.4) is 0 Å². The number of rotatable bonds is 5. The fourth-order valence-corrected chi connectivity index (χ4v) is 5.06. The monoisotopic (exact) mass is 578 g/mol. The number of fused-ring (bicyclic) bond motifs is 4. The van der Waals surface area contributed by atoms with Gasteiger partial charge in [0.15, 0.2) is 0 Å². The molecule has 0 saturated carbocycles. The van der Waals surface area contributed by atoms with Crippen molar-refractivity contribution in [2.45, 2.75) is 30.6 Å². The van der Waals surface area contributed by atoms with Gasteiger partial charge in [-0.05, 0) is 62.5 Å². The van der Waals surface area contributed by atoms with Crippen molar-refractivity contribution in [1.82, 2.24) is 24.9 Å². The number of hydrogen-bond acceptors (Lipinski definition) is 8. The summed E-state index contributed by atoms with van der Waals surface area (Å²) in [6.07, 6.45) is -2.62. The maximum absolute atomic E-state index is 13.4. The molecule has 0 radical (unpaired) electrons. The Labute approximate surface area is 229 Å². The Morgan fingerprint density at radius 1 is 1.12 bits per heavy atom. The number of urea groups is 1. The van der Waals surface area contributed by atoms with Crippen molar-refractivity contribution in [3.63, 3.8) is 0 Å². The summed E-state index contributed by atoms with van der Waals surface area (Å²) in [5, 5.41) is 11.2. The highest BCUT2D eigenvalue weighted by Gasteiger charge is 2.31. The molecule has 5 N–H and O–H groups in total. The molecule has 3 aromatic rings. The molecule has 0 saturated heterocycles. The van der Waals surface area contributed by atoms with Crippen LogP contribution in [-0.2, 0) is 29.3 Å². The Kier molecular flexibility index (Phi) is 8.76. The quantitative estimate of drug-likeness (QED) is 0.309. The maximum atomic E-state index is 13.4. The third kappa shape index (κ3) is 7.80. The number of anilines is 4. The minimum atomic E-state index is -4.57. The second kappa shape index (κ2) is 12.1. The molecule has 4 rings (SSSR count). The molecule has 2 amide bonds. The molecule has 0 aliphatic carbocycles. The number of benzene rings is 2. The lowest BCUT2D eigenvalue weighted by molar-refractivity contribution is -0.137. The number of halogens is 3. The van der Waals surface area contributed by atoms with Gasteiger partial charge in [0.2, 0.25) is 16.0 Å². The third-order valence-corrected chi connectivity index (χ3v) is 7.18. The lowest BCUT2D eigenvalue weighted by atomic mass is 10.1. The molecule has 40 heavy (non-hydrogen) atoms. The van der Waals surface area contributed by atoms with Crippen LogP contribution < -0.4 is 26.0 Å². The first-order valence-electron chi connectivity index (χ1n) is 12.3. The average Bonchev–Trinajstić information content (AvgIpc) is 2.87. The van der Waals surface area contributed by atoms with Gasteiger partial charge in [0.1, 0.15) is 5.82 Å². The van der Waals surface area contributed by atoms with E-state index in [9.17, 15) is 26.4 Å². The van der Waals surface area contributed by atoms with Crippen LogP contribution in [0.25, 0.3) is 0 Å². The summed E-state index contributed by atoms with van der Waals surface area (Å²) in [5.74, 6) is 0.609. The second-order valence-electron chi connectivity index (χ2n) is 9.36. The highest BCUT2D eigenvalue weighted by Crippen LogP contribution is 2.32. The van der Waals surface area contributed by atoms with Gasteiger partial charge in [-0.3, -0.25) is 0 Å². The molecule has 4 bridgehead atoms. The molecule has 11 nitrogen and oxygen atoms in total. The van der Waals surface area contributed by atoms with E-state index in [1.54, 1.807) is 31.1 Å². The van der Waals surface area contributed by atoms with E-state index in [0.717, 1.165) is 12.1 Å². The topological polar surface area (TPSA) is 140 Å². The summed E-state index contributed by atoms with van der Waals surface area (Å²) in [7, 11) is -0.218.